The first-order valence-electron chi connectivity index (χ1n) is 7.63. The lowest BCUT2D eigenvalue weighted by Gasteiger charge is -2.32. The van der Waals surface area contributed by atoms with Crippen LogP contribution in [0.5, 0.6) is 0 Å². The van der Waals surface area contributed by atoms with E-state index >= 15 is 0 Å². The minimum Gasteiger partial charge on any atom is -0.355 e. The van der Waals surface area contributed by atoms with Crippen LogP contribution in [0.15, 0.2) is 0 Å². The van der Waals surface area contributed by atoms with Crippen LogP contribution in [-0.4, -0.2) is 67.2 Å². The van der Waals surface area contributed by atoms with E-state index in [9.17, 15) is 13.2 Å². The first-order chi connectivity index (χ1) is 10.0. The van der Waals surface area contributed by atoms with Crippen LogP contribution >= 0.6 is 11.8 Å². The predicted octanol–water partition coefficient (Wildman–Crippen LogP) is 1.15. The average Bonchev–Trinajstić information content (AvgIpc) is 2.42. The molecule has 130 valence electrons. The van der Waals surface area contributed by atoms with Crippen LogP contribution in [0.1, 0.15) is 33.6 Å². The van der Waals surface area contributed by atoms with E-state index in [0.717, 1.165) is 18.6 Å². The molecule has 8 heteroatoms. The predicted molar refractivity (Wildman–Crippen MR) is 92.1 cm³/mol. The van der Waals surface area contributed by atoms with Crippen LogP contribution in [0, 0.1) is 5.92 Å². The van der Waals surface area contributed by atoms with Gasteiger partial charge in [0.15, 0.2) is 0 Å². The molecule has 0 saturated carbocycles. The molecule has 0 unspecified atom stereocenters. The molecular formula is C14H29N3O3S2. The highest BCUT2D eigenvalue weighted by molar-refractivity contribution is 8.00. The van der Waals surface area contributed by atoms with Crippen molar-refractivity contribution in [3.05, 3.63) is 0 Å². The van der Waals surface area contributed by atoms with Crippen molar-refractivity contribution in [1.29, 1.82) is 0 Å². The Hall–Kier alpha value is -0.310. The lowest BCUT2D eigenvalue weighted by atomic mass is 9.99. The summed E-state index contributed by atoms with van der Waals surface area (Å²) in [7, 11) is -0.395. The summed E-state index contributed by atoms with van der Waals surface area (Å²) in [4.78, 5) is 12.2. The first kappa shape index (κ1) is 19.7. The minimum absolute atomic E-state index is 0.0341. The molecule has 1 atom stereocenters. The Morgan fingerprint density at radius 1 is 1.36 bits per heavy atom. The van der Waals surface area contributed by atoms with E-state index in [2.05, 4.69) is 26.1 Å². The highest BCUT2D eigenvalue weighted by atomic mass is 32.2. The van der Waals surface area contributed by atoms with E-state index < -0.39 is 10.2 Å². The van der Waals surface area contributed by atoms with Gasteiger partial charge in [-0.2, -0.15) is 28.8 Å². The molecule has 6 nitrogen and oxygen atoms in total. The molecule has 0 radical (unpaired) electrons. The molecule has 1 rings (SSSR count). The van der Waals surface area contributed by atoms with Crippen LogP contribution < -0.4 is 5.32 Å². The van der Waals surface area contributed by atoms with Crippen LogP contribution in [-0.2, 0) is 15.0 Å². The van der Waals surface area contributed by atoms with E-state index in [1.54, 1.807) is 11.8 Å². The van der Waals surface area contributed by atoms with E-state index in [-0.39, 0.29) is 23.1 Å². The number of carbonyl (C=O) groups excluding carboxylic acids is 1. The molecule has 1 saturated heterocycles. The van der Waals surface area contributed by atoms with Gasteiger partial charge in [0.25, 0.3) is 10.2 Å². The summed E-state index contributed by atoms with van der Waals surface area (Å²) >= 11 is 1.80. The molecule has 0 aromatic heterocycles. The molecule has 0 bridgehead atoms. The maximum absolute atomic E-state index is 12.2. The maximum Gasteiger partial charge on any atom is 0.281 e. The second kappa shape index (κ2) is 7.99. The van der Waals surface area contributed by atoms with Crippen molar-refractivity contribution >= 4 is 27.9 Å². The van der Waals surface area contributed by atoms with Crippen molar-refractivity contribution in [2.75, 3.05) is 39.5 Å². The highest BCUT2D eigenvalue weighted by Gasteiger charge is 2.33. The summed E-state index contributed by atoms with van der Waals surface area (Å²) in [5.74, 6) is 0.582. The molecule has 1 N–H and O–H groups in total. The zero-order valence-corrected chi connectivity index (χ0v) is 15.9. The van der Waals surface area contributed by atoms with Gasteiger partial charge < -0.3 is 5.32 Å². The molecule has 1 fully saturated rings. The van der Waals surface area contributed by atoms with Crippen molar-refractivity contribution in [2.24, 2.45) is 5.92 Å². The number of carbonyl (C=O) groups is 1. The fraction of sp³-hybridized carbons (Fsp3) is 0.929. The molecule has 0 aromatic rings. The number of hydrogen-bond acceptors (Lipinski definition) is 4. The fourth-order valence-electron chi connectivity index (χ4n) is 2.27. The molecule has 0 spiro atoms. The number of rotatable bonds is 6. The number of thioether (sulfide) groups is 1. The Morgan fingerprint density at radius 3 is 2.55 bits per heavy atom. The van der Waals surface area contributed by atoms with Gasteiger partial charge in [0.1, 0.15) is 0 Å². The standard InChI is InChI=1S/C14H29N3O3S2/c1-14(2,3)21-10-8-15-13(18)12-7-6-9-17(11-12)22(19,20)16(4)5/h12H,6-11H2,1-5H3,(H,15,18)/t12-/m0/s1. The normalized spacial score (nSPS) is 21.1. The molecule has 1 heterocycles. The van der Waals surface area contributed by atoms with Gasteiger partial charge >= 0.3 is 0 Å². The van der Waals surface area contributed by atoms with Crippen molar-refractivity contribution in [3.63, 3.8) is 0 Å². The smallest absolute Gasteiger partial charge is 0.281 e. The molecular weight excluding hydrogens is 322 g/mol. The summed E-state index contributed by atoms with van der Waals surface area (Å²) in [6.07, 6.45) is 1.47. The van der Waals surface area contributed by atoms with Crippen LogP contribution in [0.25, 0.3) is 0 Å². The Balaban J connectivity index is 2.46. The van der Waals surface area contributed by atoms with Gasteiger partial charge in [0.05, 0.1) is 5.92 Å². The average molecular weight is 352 g/mol. The zero-order chi connectivity index (χ0) is 17.0. The van der Waals surface area contributed by atoms with Gasteiger partial charge in [-0.3, -0.25) is 4.79 Å². The van der Waals surface area contributed by atoms with Gasteiger partial charge in [-0.25, -0.2) is 0 Å². The summed E-state index contributed by atoms with van der Waals surface area (Å²) in [5.41, 5.74) is 0. The SMILES string of the molecule is CN(C)S(=O)(=O)N1CCC[C@H](C(=O)NCCSC(C)(C)C)C1. The summed E-state index contributed by atoms with van der Waals surface area (Å²) in [5, 5.41) is 2.93. The minimum atomic E-state index is -3.43. The van der Waals surface area contributed by atoms with Gasteiger partial charge in [-0.15, -0.1) is 0 Å². The molecule has 22 heavy (non-hydrogen) atoms. The van der Waals surface area contributed by atoms with Crippen molar-refractivity contribution in [2.45, 2.75) is 38.4 Å². The lowest BCUT2D eigenvalue weighted by Crippen LogP contribution is -2.49. The molecule has 1 amide bonds. The van der Waals surface area contributed by atoms with Crippen LogP contribution in [0.4, 0.5) is 0 Å². The second-order valence-electron chi connectivity index (χ2n) is 6.74. The summed E-state index contributed by atoms with van der Waals surface area (Å²) in [6, 6.07) is 0. The van der Waals surface area contributed by atoms with Crippen molar-refractivity contribution < 1.29 is 13.2 Å². The topological polar surface area (TPSA) is 69.7 Å². The first-order valence-corrected chi connectivity index (χ1v) is 10.0. The molecule has 1 aliphatic rings. The molecule has 0 aliphatic carbocycles. The van der Waals surface area contributed by atoms with Gasteiger partial charge in [0, 0.05) is 44.2 Å². The van der Waals surface area contributed by atoms with Gasteiger partial charge in [-0.1, -0.05) is 20.8 Å². The molecule has 1 aliphatic heterocycles. The number of nitrogens with one attached hydrogen (secondary N) is 1. The van der Waals surface area contributed by atoms with E-state index in [4.69, 9.17) is 0 Å². The van der Waals surface area contributed by atoms with E-state index in [1.165, 1.54) is 22.7 Å². The van der Waals surface area contributed by atoms with E-state index in [1.807, 2.05) is 0 Å². The summed E-state index contributed by atoms with van der Waals surface area (Å²) < 4.78 is 27.1. The Morgan fingerprint density at radius 2 is 2.00 bits per heavy atom. The monoisotopic (exact) mass is 351 g/mol. The molecule has 0 aromatic carbocycles. The largest absolute Gasteiger partial charge is 0.355 e. The zero-order valence-electron chi connectivity index (χ0n) is 14.3. The number of hydrogen-bond donors (Lipinski definition) is 1. The third-order valence-electron chi connectivity index (χ3n) is 3.48. The van der Waals surface area contributed by atoms with E-state index in [0.29, 0.717) is 13.1 Å². The van der Waals surface area contributed by atoms with Crippen molar-refractivity contribution in [1.82, 2.24) is 13.9 Å². The second-order valence-corrected chi connectivity index (χ2v) is 10.8. The lowest BCUT2D eigenvalue weighted by molar-refractivity contribution is -0.125. The third kappa shape index (κ3) is 6.06. The Labute approximate surface area is 139 Å². The van der Waals surface area contributed by atoms with Gasteiger partial charge in [-0.05, 0) is 12.8 Å². The fourth-order valence-corrected chi connectivity index (χ4v) is 4.28. The van der Waals surface area contributed by atoms with Gasteiger partial charge in [0.2, 0.25) is 5.91 Å². The number of nitrogens with zero attached hydrogens (tertiary/aromatic N) is 2. The highest BCUT2D eigenvalue weighted by Crippen LogP contribution is 2.23. The van der Waals surface area contributed by atoms with Crippen LogP contribution in [0.3, 0.4) is 0 Å². The number of piperidine rings is 1. The van der Waals surface area contributed by atoms with Crippen molar-refractivity contribution in [3.8, 4) is 0 Å². The Bertz CT molecular complexity index is 472. The van der Waals surface area contributed by atoms with Crippen LogP contribution in [0.2, 0.25) is 0 Å². The third-order valence-corrected chi connectivity index (χ3v) is 6.66. The Kier molecular flexibility index (Phi) is 7.17. The summed E-state index contributed by atoms with van der Waals surface area (Å²) in [6.45, 7) is 7.82. The number of amides is 1. The maximum atomic E-state index is 12.2. The quantitative estimate of drug-likeness (QED) is 0.729.